The standard InChI is InChI=1S/C7H12FN3O2/c1-5-9-11(3-6(8)4-12)7(13)10(5)2/h6,12H,3-4H2,1-2H3. The van der Waals surface area contributed by atoms with Crippen molar-refractivity contribution in [1.82, 2.24) is 14.3 Å². The van der Waals surface area contributed by atoms with Crippen LogP contribution in [-0.4, -0.2) is 32.2 Å². The van der Waals surface area contributed by atoms with Gasteiger partial charge < -0.3 is 5.11 Å². The molecule has 1 rings (SSSR count). The predicted molar refractivity (Wildman–Crippen MR) is 44.2 cm³/mol. The average molecular weight is 189 g/mol. The fourth-order valence-electron chi connectivity index (χ4n) is 0.960. The van der Waals surface area contributed by atoms with Gasteiger partial charge in [-0.05, 0) is 6.92 Å². The van der Waals surface area contributed by atoms with Gasteiger partial charge in [0.2, 0.25) is 0 Å². The van der Waals surface area contributed by atoms with Crippen LogP contribution in [-0.2, 0) is 13.6 Å². The quantitative estimate of drug-likeness (QED) is 0.678. The first-order valence-electron chi connectivity index (χ1n) is 3.91. The molecule has 5 nitrogen and oxygen atoms in total. The molecule has 6 heteroatoms. The molecule has 1 aromatic rings. The molecule has 1 unspecified atom stereocenters. The van der Waals surface area contributed by atoms with Crippen molar-refractivity contribution in [2.24, 2.45) is 7.05 Å². The van der Waals surface area contributed by atoms with E-state index in [9.17, 15) is 9.18 Å². The first-order valence-corrected chi connectivity index (χ1v) is 3.91. The summed E-state index contributed by atoms with van der Waals surface area (Å²) in [5.74, 6) is 0.523. The Morgan fingerprint density at radius 3 is 2.69 bits per heavy atom. The first kappa shape index (κ1) is 9.91. The van der Waals surface area contributed by atoms with Crippen molar-refractivity contribution in [1.29, 1.82) is 0 Å². The minimum absolute atomic E-state index is 0.197. The number of nitrogens with zero attached hydrogens (tertiary/aromatic N) is 3. The predicted octanol–water partition coefficient (Wildman–Crippen LogP) is -0.779. The van der Waals surface area contributed by atoms with Gasteiger partial charge in [-0.15, -0.1) is 0 Å². The van der Waals surface area contributed by atoms with Gasteiger partial charge in [-0.1, -0.05) is 0 Å². The lowest BCUT2D eigenvalue weighted by atomic mass is 10.4. The van der Waals surface area contributed by atoms with Crippen LogP contribution in [0.4, 0.5) is 4.39 Å². The smallest absolute Gasteiger partial charge is 0.345 e. The normalized spacial score (nSPS) is 13.2. The molecule has 1 heterocycles. The number of aliphatic hydroxyl groups excluding tert-OH is 1. The molecular formula is C7H12FN3O2. The molecule has 0 saturated carbocycles. The van der Waals surface area contributed by atoms with E-state index in [0.29, 0.717) is 5.82 Å². The van der Waals surface area contributed by atoms with E-state index in [1.807, 2.05) is 0 Å². The van der Waals surface area contributed by atoms with E-state index < -0.39 is 12.8 Å². The van der Waals surface area contributed by atoms with E-state index in [1.54, 1.807) is 14.0 Å². The van der Waals surface area contributed by atoms with Crippen LogP contribution in [0.15, 0.2) is 4.79 Å². The van der Waals surface area contributed by atoms with Gasteiger partial charge in [-0.25, -0.2) is 13.9 Å². The van der Waals surface area contributed by atoms with Gasteiger partial charge in [0.05, 0.1) is 13.2 Å². The number of hydrogen-bond acceptors (Lipinski definition) is 3. The van der Waals surface area contributed by atoms with E-state index in [-0.39, 0.29) is 12.2 Å². The maximum Gasteiger partial charge on any atom is 0.345 e. The van der Waals surface area contributed by atoms with Crippen LogP contribution >= 0.6 is 0 Å². The lowest BCUT2D eigenvalue weighted by Crippen LogP contribution is -2.28. The van der Waals surface area contributed by atoms with Crippen molar-refractivity contribution >= 4 is 0 Å². The highest BCUT2D eigenvalue weighted by molar-refractivity contribution is 4.81. The first-order chi connectivity index (χ1) is 6.06. The summed E-state index contributed by atoms with van der Waals surface area (Å²) in [6, 6.07) is 0. The molecule has 0 aliphatic carbocycles. The lowest BCUT2D eigenvalue weighted by molar-refractivity contribution is 0.157. The highest BCUT2D eigenvalue weighted by Gasteiger charge is 2.11. The van der Waals surface area contributed by atoms with Crippen molar-refractivity contribution in [3.8, 4) is 0 Å². The zero-order valence-electron chi connectivity index (χ0n) is 7.57. The third-order valence-electron chi connectivity index (χ3n) is 1.83. The molecule has 0 aliphatic heterocycles. The summed E-state index contributed by atoms with van der Waals surface area (Å²) in [6.45, 7) is 0.864. The number of rotatable bonds is 3. The number of alkyl halides is 1. The van der Waals surface area contributed by atoms with Crippen molar-refractivity contribution in [3.05, 3.63) is 16.3 Å². The summed E-state index contributed by atoms with van der Waals surface area (Å²) >= 11 is 0. The lowest BCUT2D eigenvalue weighted by Gasteiger charge is -2.01. The average Bonchev–Trinajstić information content (AvgIpc) is 2.34. The Labute approximate surface area is 74.4 Å². The molecule has 1 atom stereocenters. The second-order valence-corrected chi connectivity index (χ2v) is 2.85. The summed E-state index contributed by atoms with van der Waals surface area (Å²) in [4.78, 5) is 11.3. The van der Waals surface area contributed by atoms with Crippen molar-refractivity contribution in [2.45, 2.75) is 19.6 Å². The Hall–Kier alpha value is -1.17. The number of hydrogen-bond donors (Lipinski definition) is 1. The fourth-order valence-corrected chi connectivity index (χ4v) is 0.960. The maximum absolute atomic E-state index is 12.7. The third-order valence-corrected chi connectivity index (χ3v) is 1.83. The summed E-state index contributed by atoms with van der Waals surface area (Å²) in [6.07, 6.45) is -1.44. The van der Waals surface area contributed by atoms with Gasteiger partial charge in [-0.3, -0.25) is 4.57 Å². The molecule has 1 N–H and O–H groups in total. The summed E-state index contributed by atoms with van der Waals surface area (Å²) < 4.78 is 15.0. The van der Waals surface area contributed by atoms with Crippen LogP contribution in [0.3, 0.4) is 0 Å². The molecule has 0 bridgehead atoms. The van der Waals surface area contributed by atoms with Crippen LogP contribution in [0.5, 0.6) is 0 Å². The van der Waals surface area contributed by atoms with Gasteiger partial charge in [0.25, 0.3) is 0 Å². The van der Waals surface area contributed by atoms with E-state index in [0.717, 1.165) is 4.68 Å². The van der Waals surface area contributed by atoms with Gasteiger partial charge in [0, 0.05) is 7.05 Å². The molecule has 13 heavy (non-hydrogen) atoms. The van der Waals surface area contributed by atoms with Crippen LogP contribution < -0.4 is 5.69 Å². The van der Waals surface area contributed by atoms with Gasteiger partial charge in [0.1, 0.15) is 12.0 Å². The Morgan fingerprint density at radius 2 is 2.31 bits per heavy atom. The minimum atomic E-state index is -1.44. The zero-order chi connectivity index (χ0) is 10.0. The van der Waals surface area contributed by atoms with E-state index >= 15 is 0 Å². The zero-order valence-corrected chi connectivity index (χ0v) is 7.57. The van der Waals surface area contributed by atoms with Crippen molar-refractivity contribution in [3.63, 3.8) is 0 Å². The monoisotopic (exact) mass is 189 g/mol. The van der Waals surface area contributed by atoms with Crippen LogP contribution in [0.25, 0.3) is 0 Å². The molecule has 74 valence electrons. The molecule has 1 aromatic heterocycles. The summed E-state index contributed by atoms with van der Waals surface area (Å²) in [5.41, 5.74) is -0.367. The Bertz CT molecular complexity index is 344. The van der Waals surface area contributed by atoms with Gasteiger partial charge in [0.15, 0.2) is 0 Å². The van der Waals surface area contributed by atoms with Gasteiger partial charge >= 0.3 is 5.69 Å². The Balaban J connectivity index is 2.90. The van der Waals surface area contributed by atoms with E-state index in [2.05, 4.69) is 5.10 Å². The van der Waals surface area contributed by atoms with Crippen LogP contribution in [0, 0.1) is 6.92 Å². The highest BCUT2D eigenvalue weighted by atomic mass is 19.1. The fraction of sp³-hybridized carbons (Fsp3) is 0.714. The largest absolute Gasteiger partial charge is 0.393 e. The molecule has 0 aliphatic rings. The summed E-state index contributed by atoms with van der Waals surface area (Å²) in [7, 11) is 1.56. The number of aryl methyl sites for hydroxylation is 1. The molecule has 0 spiro atoms. The van der Waals surface area contributed by atoms with E-state index in [1.165, 1.54) is 4.57 Å². The molecule has 0 radical (unpaired) electrons. The summed E-state index contributed by atoms with van der Waals surface area (Å²) in [5, 5.41) is 12.3. The maximum atomic E-state index is 12.7. The highest BCUT2D eigenvalue weighted by Crippen LogP contribution is 1.93. The Morgan fingerprint density at radius 1 is 1.69 bits per heavy atom. The Kier molecular flexibility index (Phi) is 2.82. The second kappa shape index (κ2) is 3.69. The van der Waals surface area contributed by atoms with E-state index in [4.69, 9.17) is 5.11 Å². The van der Waals surface area contributed by atoms with Gasteiger partial charge in [-0.2, -0.15) is 5.10 Å². The second-order valence-electron chi connectivity index (χ2n) is 2.85. The molecular weight excluding hydrogens is 177 g/mol. The molecule has 0 saturated heterocycles. The number of halogens is 1. The topological polar surface area (TPSA) is 60.0 Å². The van der Waals surface area contributed by atoms with Crippen molar-refractivity contribution < 1.29 is 9.50 Å². The molecule has 0 fully saturated rings. The third kappa shape index (κ3) is 1.95. The minimum Gasteiger partial charge on any atom is -0.393 e. The van der Waals surface area contributed by atoms with Crippen LogP contribution in [0.2, 0.25) is 0 Å². The SMILES string of the molecule is Cc1nn(CC(F)CO)c(=O)n1C. The molecule has 0 amide bonds. The number of aliphatic hydroxyl groups is 1. The van der Waals surface area contributed by atoms with Crippen molar-refractivity contribution in [2.75, 3.05) is 6.61 Å². The van der Waals surface area contributed by atoms with Crippen LogP contribution in [0.1, 0.15) is 5.82 Å². The molecule has 0 aromatic carbocycles. The number of aromatic nitrogens is 3.